The Hall–Kier alpha value is -2.69. The Morgan fingerprint density at radius 3 is 2.19 bits per heavy atom. The zero-order chi connectivity index (χ0) is 20.1. The number of likely N-dealkylation sites (tertiary alicyclic amines) is 1. The van der Waals surface area contributed by atoms with Crippen LogP contribution in [0.25, 0.3) is 0 Å². The van der Waals surface area contributed by atoms with Crippen molar-refractivity contribution >= 4 is 17.7 Å². The van der Waals surface area contributed by atoms with Gasteiger partial charge in [0.05, 0.1) is 19.9 Å². The molecular weight excluding hydrogens is 359 g/mol. The van der Waals surface area contributed by atoms with Crippen LogP contribution in [-0.2, 0) is 4.79 Å². The predicted octanol–water partition coefficient (Wildman–Crippen LogP) is 1.90. The molecule has 1 heterocycles. The molecule has 0 saturated carbocycles. The highest BCUT2D eigenvalue weighted by molar-refractivity contribution is 5.91. The molecule has 1 aromatic rings. The lowest BCUT2D eigenvalue weighted by molar-refractivity contribution is -0.192. The maximum Gasteiger partial charge on any atom is 0.490 e. The van der Waals surface area contributed by atoms with Crippen molar-refractivity contribution in [2.75, 3.05) is 32.6 Å². The number of benzene rings is 1. The summed E-state index contributed by atoms with van der Waals surface area (Å²) in [6, 6.07) is 5.06. The van der Waals surface area contributed by atoms with E-state index < -0.39 is 12.1 Å². The van der Waals surface area contributed by atoms with E-state index in [-0.39, 0.29) is 11.6 Å². The second-order valence-corrected chi connectivity index (χ2v) is 5.81. The van der Waals surface area contributed by atoms with Crippen molar-refractivity contribution < 1.29 is 37.3 Å². The minimum atomic E-state index is -5.08. The van der Waals surface area contributed by atoms with Crippen molar-refractivity contribution in [2.24, 2.45) is 5.73 Å². The first-order chi connectivity index (χ1) is 11.9. The summed E-state index contributed by atoms with van der Waals surface area (Å²) in [4.78, 5) is 22.5. The first-order valence-electron chi connectivity index (χ1n) is 7.26. The standard InChI is InChI=1S/C13H19N3O3.C2HF3O2/c1-13(14)7-16(8-13)12(17)15-10-5-4-9(18-2)6-11(10)19-3;3-2(4,5)1(6)7/h4-6H,7-8,14H2,1-3H3,(H,15,17);(H,6,7). The van der Waals surface area contributed by atoms with Crippen LogP contribution in [0.3, 0.4) is 0 Å². The number of urea groups is 1. The summed E-state index contributed by atoms with van der Waals surface area (Å²) in [5, 5.41) is 9.93. The van der Waals surface area contributed by atoms with Crippen molar-refractivity contribution in [1.29, 1.82) is 0 Å². The van der Waals surface area contributed by atoms with Gasteiger partial charge in [-0.1, -0.05) is 0 Å². The van der Waals surface area contributed by atoms with E-state index >= 15 is 0 Å². The summed E-state index contributed by atoms with van der Waals surface area (Å²) in [5.74, 6) is -1.52. The quantitative estimate of drug-likeness (QED) is 0.739. The van der Waals surface area contributed by atoms with Gasteiger partial charge >= 0.3 is 18.2 Å². The molecule has 2 amide bonds. The van der Waals surface area contributed by atoms with Gasteiger partial charge in [0.2, 0.25) is 0 Å². The van der Waals surface area contributed by atoms with Crippen molar-refractivity contribution in [3.8, 4) is 11.5 Å². The maximum absolute atomic E-state index is 12.0. The summed E-state index contributed by atoms with van der Waals surface area (Å²) in [6.07, 6.45) is -5.08. The predicted molar refractivity (Wildman–Crippen MR) is 86.4 cm³/mol. The van der Waals surface area contributed by atoms with Crippen LogP contribution >= 0.6 is 0 Å². The summed E-state index contributed by atoms with van der Waals surface area (Å²) < 4.78 is 42.1. The topological polar surface area (TPSA) is 114 Å². The average Bonchev–Trinajstić information content (AvgIpc) is 2.52. The number of rotatable bonds is 3. The minimum absolute atomic E-state index is 0.175. The summed E-state index contributed by atoms with van der Waals surface area (Å²) in [6.45, 7) is 3.03. The Morgan fingerprint density at radius 1 is 1.27 bits per heavy atom. The molecule has 0 spiro atoms. The number of hydrogen-bond donors (Lipinski definition) is 3. The molecule has 1 aliphatic heterocycles. The van der Waals surface area contributed by atoms with Crippen LogP contribution in [0.2, 0.25) is 0 Å². The molecule has 11 heteroatoms. The fourth-order valence-corrected chi connectivity index (χ4v) is 2.07. The number of amides is 2. The van der Waals surface area contributed by atoms with Gasteiger partial charge in [0.25, 0.3) is 0 Å². The summed E-state index contributed by atoms with van der Waals surface area (Å²) in [5.41, 5.74) is 6.21. The van der Waals surface area contributed by atoms with Gasteiger partial charge in [0.15, 0.2) is 0 Å². The SMILES string of the molecule is COc1ccc(NC(=O)N2CC(C)(N)C2)c(OC)c1.O=C(O)C(F)(F)F. The van der Waals surface area contributed by atoms with Gasteiger partial charge in [0.1, 0.15) is 11.5 Å². The molecule has 26 heavy (non-hydrogen) atoms. The van der Waals surface area contributed by atoms with E-state index in [1.165, 1.54) is 0 Å². The first kappa shape index (κ1) is 21.4. The van der Waals surface area contributed by atoms with Crippen molar-refractivity contribution in [3.63, 3.8) is 0 Å². The number of anilines is 1. The molecule has 0 aromatic heterocycles. The second-order valence-electron chi connectivity index (χ2n) is 5.81. The molecule has 8 nitrogen and oxygen atoms in total. The van der Waals surface area contributed by atoms with Gasteiger partial charge in [0, 0.05) is 24.7 Å². The van der Waals surface area contributed by atoms with Gasteiger partial charge in [-0.2, -0.15) is 13.2 Å². The molecule has 0 unspecified atom stereocenters. The molecular formula is C15H20F3N3O5. The third-order valence-corrected chi connectivity index (χ3v) is 3.28. The number of nitrogens with two attached hydrogens (primary N) is 1. The van der Waals surface area contributed by atoms with Crippen LogP contribution in [-0.4, -0.2) is 61.0 Å². The third kappa shape index (κ3) is 5.99. The Kier molecular flexibility index (Phi) is 6.67. The fourth-order valence-electron chi connectivity index (χ4n) is 2.07. The number of nitrogens with one attached hydrogen (secondary N) is 1. The lowest BCUT2D eigenvalue weighted by atomic mass is 9.94. The number of nitrogens with zero attached hydrogens (tertiary/aromatic N) is 1. The number of carboxylic acids is 1. The van der Waals surface area contributed by atoms with E-state index in [1.54, 1.807) is 37.3 Å². The zero-order valence-electron chi connectivity index (χ0n) is 14.4. The van der Waals surface area contributed by atoms with Crippen LogP contribution in [0.15, 0.2) is 18.2 Å². The summed E-state index contributed by atoms with van der Waals surface area (Å²) >= 11 is 0. The number of carbonyl (C=O) groups is 2. The Bertz CT molecular complexity index is 656. The molecule has 1 aliphatic rings. The second kappa shape index (κ2) is 8.13. The van der Waals surface area contributed by atoms with Gasteiger partial charge in [-0.25, -0.2) is 9.59 Å². The number of ether oxygens (including phenoxy) is 2. The lowest BCUT2D eigenvalue weighted by Crippen LogP contribution is -2.67. The number of aliphatic carboxylic acids is 1. The normalized spacial score (nSPS) is 15.1. The average molecular weight is 379 g/mol. The van der Waals surface area contributed by atoms with Crippen LogP contribution < -0.4 is 20.5 Å². The van der Waals surface area contributed by atoms with E-state index in [9.17, 15) is 18.0 Å². The lowest BCUT2D eigenvalue weighted by Gasteiger charge is -2.45. The van der Waals surface area contributed by atoms with Gasteiger partial charge < -0.3 is 30.5 Å². The van der Waals surface area contributed by atoms with Gasteiger partial charge in [-0.15, -0.1) is 0 Å². The highest BCUT2D eigenvalue weighted by Gasteiger charge is 2.38. The number of methoxy groups -OCH3 is 2. The smallest absolute Gasteiger partial charge is 0.490 e. The van der Waals surface area contributed by atoms with Crippen molar-refractivity contribution in [2.45, 2.75) is 18.6 Å². The number of halogens is 3. The molecule has 0 radical (unpaired) electrons. The number of carbonyl (C=O) groups excluding carboxylic acids is 1. The Balaban J connectivity index is 0.000000412. The maximum atomic E-state index is 12.0. The molecule has 1 fully saturated rings. The monoisotopic (exact) mass is 379 g/mol. The summed E-state index contributed by atoms with van der Waals surface area (Å²) in [7, 11) is 3.13. The Morgan fingerprint density at radius 2 is 1.81 bits per heavy atom. The Labute approximate surface area is 147 Å². The van der Waals surface area contributed by atoms with Crippen LogP contribution in [0, 0.1) is 0 Å². The molecule has 146 valence electrons. The molecule has 0 aliphatic carbocycles. The highest BCUT2D eigenvalue weighted by Crippen LogP contribution is 2.30. The molecule has 1 saturated heterocycles. The van der Waals surface area contributed by atoms with Gasteiger partial charge in [-0.3, -0.25) is 0 Å². The number of carboxylic acid groups (broad SMARTS) is 1. The number of hydrogen-bond acceptors (Lipinski definition) is 5. The van der Waals surface area contributed by atoms with Crippen LogP contribution in [0.4, 0.5) is 23.7 Å². The largest absolute Gasteiger partial charge is 0.497 e. The third-order valence-electron chi connectivity index (χ3n) is 3.28. The molecule has 0 atom stereocenters. The van der Waals surface area contributed by atoms with E-state index in [0.717, 1.165) is 0 Å². The molecule has 0 bridgehead atoms. The molecule has 1 aromatic carbocycles. The van der Waals surface area contributed by atoms with E-state index in [2.05, 4.69) is 5.32 Å². The van der Waals surface area contributed by atoms with E-state index in [4.69, 9.17) is 25.1 Å². The number of alkyl halides is 3. The fraction of sp³-hybridized carbons (Fsp3) is 0.467. The van der Waals surface area contributed by atoms with Crippen LogP contribution in [0.1, 0.15) is 6.92 Å². The minimum Gasteiger partial charge on any atom is -0.497 e. The molecule has 4 N–H and O–H groups in total. The van der Waals surface area contributed by atoms with Crippen LogP contribution in [0.5, 0.6) is 11.5 Å². The van der Waals surface area contributed by atoms with Gasteiger partial charge in [-0.05, 0) is 19.1 Å². The van der Waals surface area contributed by atoms with Crippen molar-refractivity contribution in [1.82, 2.24) is 4.90 Å². The molecule has 2 rings (SSSR count). The zero-order valence-corrected chi connectivity index (χ0v) is 14.4. The first-order valence-corrected chi connectivity index (χ1v) is 7.26. The highest BCUT2D eigenvalue weighted by atomic mass is 19.4. The van der Waals surface area contributed by atoms with E-state index in [1.807, 2.05) is 6.92 Å². The van der Waals surface area contributed by atoms with E-state index in [0.29, 0.717) is 30.3 Å². The van der Waals surface area contributed by atoms with Crippen molar-refractivity contribution in [3.05, 3.63) is 18.2 Å².